The summed E-state index contributed by atoms with van der Waals surface area (Å²) in [6.45, 7) is 6.80. The number of rotatable bonds is 1. The van der Waals surface area contributed by atoms with E-state index in [2.05, 4.69) is 20.3 Å². The second-order valence-corrected chi connectivity index (χ2v) is 4.19. The summed E-state index contributed by atoms with van der Waals surface area (Å²) in [5, 5.41) is 0. The van der Waals surface area contributed by atoms with Crippen LogP contribution in [-0.4, -0.2) is 19.5 Å². The van der Waals surface area contributed by atoms with Crippen molar-refractivity contribution >= 4 is 7.92 Å². The SMILES string of the molecule is CCP(C)C.[Ru]. The topological polar surface area (TPSA) is 0 Å². The molecule has 0 unspecified atom stereocenters. The van der Waals surface area contributed by atoms with Crippen LogP contribution in [0.4, 0.5) is 0 Å². The molecule has 0 radical (unpaired) electrons. The molecule has 0 heterocycles. The van der Waals surface area contributed by atoms with Crippen molar-refractivity contribution in [2.45, 2.75) is 6.92 Å². The van der Waals surface area contributed by atoms with Crippen LogP contribution < -0.4 is 0 Å². The molecule has 0 nitrogen and oxygen atoms in total. The van der Waals surface area contributed by atoms with E-state index in [1.165, 1.54) is 6.16 Å². The average Bonchev–Trinajstić information content (AvgIpc) is 1.38. The summed E-state index contributed by atoms with van der Waals surface area (Å²) in [6.07, 6.45) is 1.37. The van der Waals surface area contributed by atoms with Gasteiger partial charge in [-0.1, -0.05) is 6.92 Å². The van der Waals surface area contributed by atoms with Gasteiger partial charge in [-0.05, 0) is 19.5 Å². The predicted octanol–water partition coefficient (Wildman–Crippen LogP) is 1.75. The van der Waals surface area contributed by atoms with Crippen LogP contribution in [0.3, 0.4) is 0 Å². The van der Waals surface area contributed by atoms with Gasteiger partial charge >= 0.3 is 0 Å². The van der Waals surface area contributed by atoms with Crippen LogP contribution in [0, 0.1) is 0 Å². The Bertz CT molecular complexity index is 21.5. The van der Waals surface area contributed by atoms with E-state index in [4.69, 9.17) is 0 Å². The summed E-state index contributed by atoms with van der Waals surface area (Å²) in [6, 6.07) is 0. The van der Waals surface area contributed by atoms with Crippen molar-refractivity contribution in [1.29, 1.82) is 0 Å². The van der Waals surface area contributed by atoms with E-state index in [9.17, 15) is 0 Å². The van der Waals surface area contributed by atoms with Gasteiger partial charge in [0.05, 0.1) is 0 Å². The molecule has 0 aliphatic rings. The van der Waals surface area contributed by atoms with Crippen LogP contribution in [0.2, 0.25) is 0 Å². The van der Waals surface area contributed by atoms with E-state index in [0.29, 0.717) is 7.92 Å². The van der Waals surface area contributed by atoms with Crippen LogP contribution in [-0.2, 0) is 19.5 Å². The zero-order valence-electron chi connectivity index (χ0n) is 4.51. The van der Waals surface area contributed by atoms with Gasteiger partial charge in [-0.25, -0.2) is 0 Å². The first-order valence-corrected chi connectivity index (χ1v) is 4.34. The Hall–Kier alpha value is 1.05. The summed E-state index contributed by atoms with van der Waals surface area (Å²) in [5.41, 5.74) is 0. The summed E-state index contributed by atoms with van der Waals surface area (Å²) >= 11 is 0. The maximum atomic E-state index is 2.29. The predicted molar refractivity (Wildman–Crippen MR) is 29.3 cm³/mol. The monoisotopic (exact) mass is 192 g/mol. The molecule has 0 saturated carbocycles. The molecule has 0 atom stereocenters. The molecule has 0 aromatic heterocycles. The Labute approximate surface area is 54.2 Å². The van der Waals surface area contributed by atoms with E-state index in [0.717, 1.165) is 0 Å². The van der Waals surface area contributed by atoms with Gasteiger partial charge in [0.25, 0.3) is 0 Å². The molecule has 0 spiro atoms. The van der Waals surface area contributed by atoms with Crippen molar-refractivity contribution in [2.24, 2.45) is 0 Å². The first kappa shape index (κ1) is 10.1. The Morgan fingerprint density at radius 2 is 1.50 bits per heavy atom. The molecule has 0 aliphatic carbocycles. The first-order valence-electron chi connectivity index (χ1n) is 1.92. The summed E-state index contributed by atoms with van der Waals surface area (Å²) in [4.78, 5) is 0. The molecule has 0 rings (SSSR count). The third-order valence-corrected chi connectivity index (χ3v) is 1.90. The molecule has 0 amide bonds. The fourth-order valence-electron chi connectivity index (χ4n) is 0. The van der Waals surface area contributed by atoms with Crippen LogP contribution in [0.25, 0.3) is 0 Å². The molecule has 0 bridgehead atoms. The number of hydrogen-bond donors (Lipinski definition) is 0. The quantitative estimate of drug-likeness (QED) is 0.437. The number of hydrogen-bond acceptors (Lipinski definition) is 0. The first-order chi connectivity index (χ1) is 2.27. The normalized spacial score (nSPS) is 8.00. The van der Waals surface area contributed by atoms with E-state index in [1.54, 1.807) is 0 Å². The molecule has 2 heteroatoms. The molecule has 0 aromatic carbocycles. The second-order valence-electron chi connectivity index (χ2n) is 1.40. The van der Waals surface area contributed by atoms with Gasteiger partial charge in [0.1, 0.15) is 0 Å². The Kier molecular flexibility index (Phi) is 10.2. The van der Waals surface area contributed by atoms with E-state index < -0.39 is 0 Å². The summed E-state index contributed by atoms with van der Waals surface area (Å²) in [7, 11) is 0.402. The zero-order valence-corrected chi connectivity index (χ0v) is 7.14. The minimum absolute atomic E-state index is 0. The Morgan fingerprint density at radius 3 is 1.50 bits per heavy atom. The molecule has 0 aromatic rings. The van der Waals surface area contributed by atoms with Gasteiger partial charge in [0, 0.05) is 19.5 Å². The van der Waals surface area contributed by atoms with Gasteiger partial charge in [0.2, 0.25) is 0 Å². The van der Waals surface area contributed by atoms with Gasteiger partial charge in [-0.15, -0.1) is 7.92 Å². The summed E-state index contributed by atoms with van der Waals surface area (Å²) in [5.74, 6) is 0. The fraction of sp³-hybridized carbons (Fsp3) is 1.00. The van der Waals surface area contributed by atoms with Crippen LogP contribution in [0.15, 0.2) is 0 Å². The fourth-order valence-corrected chi connectivity index (χ4v) is 0. The van der Waals surface area contributed by atoms with Crippen molar-refractivity contribution in [3.63, 3.8) is 0 Å². The second kappa shape index (κ2) is 6.05. The van der Waals surface area contributed by atoms with Crippen molar-refractivity contribution in [1.82, 2.24) is 0 Å². The van der Waals surface area contributed by atoms with Crippen molar-refractivity contribution < 1.29 is 19.5 Å². The van der Waals surface area contributed by atoms with Crippen LogP contribution in [0.1, 0.15) is 6.92 Å². The molecule has 0 saturated heterocycles. The molecule has 6 heavy (non-hydrogen) atoms. The molecule has 0 aliphatic heterocycles. The minimum atomic E-state index is 0. The summed E-state index contributed by atoms with van der Waals surface area (Å²) < 4.78 is 0. The zero-order chi connectivity index (χ0) is 4.28. The Morgan fingerprint density at radius 1 is 1.33 bits per heavy atom. The minimum Gasteiger partial charge on any atom is -0.113 e. The van der Waals surface area contributed by atoms with E-state index in [1.807, 2.05) is 0 Å². The molecule has 40 valence electrons. The molecular weight excluding hydrogens is 180 g/mol. The van der Waals surface area contributed by atoms with Crippen molar-refractivity contribution in [3.05, 3.63) is 0 Å². The Balaban J connectivity index is 0. The standard InChI is InChI=1S/C4H11P.Ru/c1-4-5(2)3;/h4H2,1-3H3;. The molecule has 0 N–H and O–H groups in total. The smallest absolute Gasteiger partial charge is 0 e. The van der Waals surface area contributed by atoms with E-state index in [-0.39, 0.29) is 19.5 Å². The van der Waals surface area contributed by atoms with Gasteiger partial charge < -0.3 is 0 Å². The van der Waals surface area contributed by atoms with Crippen LogP contribution >= 0.6 is 7.92 Å². The molecule has 0 fully saturated rings. The largest absolute Gasteiger partial charge is 0.113 e. The maximum Gasteiger partial charge on any atom is 0 e. The van der Waals surface area contributed by atoms with Crippen LogP contribution in [0.5, 0.6) is 0 Å². The third kappa shape index (κ3) is 8.91. The maximum absolute atomic E-state index is 2.29. The van der Waals surface area contributed by atoms with E-state index >= 15 is 0 Å². The molecular formula is C4H11PRu. The average molecular weight is 191 g/mol. The van der Waals surface area contributed by atoms with Gasteiger partial charge in [-0.2, -0.15) is 0 Å². The van der Waals surface area contributed by atoms with Crippen molar-refractivity contribution in [3.8, 4) is 0 Å². The van der Waals surface area contributed by atoms with Gasteiger partial charge in [-0.3, -0.25) is 0 Å². The van der Waals surface area contributed by atoms with Gasteiger partial charge in [0.15, 0.2) is 0 Å². The third-order valence-electron chi connectivity index (χ3n) is 0.632. The van der Waals surface area contributed by atoms with Crippen molar-refractivity contribution in [2.75, 3.05) is 19.5 Å².